The predicted molar refractivity (Wildman–Crippen MR) is 82.0 cm³/mol. The highest BCUT2D eigenvalue weighted by Crippen LogP contribution is 2.29. The second-order valence-corrected chi connectivity index (χ2v) is 5.46. The first-order valence-corrected chi connectivity index (χ1v) is 7.29. The van der Waals surface area contributed by atoms with Crippen LogP contribution in [0.25, 0.3) is 0 Å². The van der Waals surface area contributed by atoms with E-state index in [1.54, 1.807) is 0 Å². The molecule has 0 bridgehead atoms. The lowest BCUT2D eigenvalue weighted by Gasteiger charge is -2.16. The molecule has 9 heteroatoms. The molecule has 0 fully saturated rings. The molecule has 0 unspecified atom stereocenters. The molecule has 0 radical (unpaired) electrons. The minimum absolute atomic E-state index is 0.120. The van der Waals surface area contributed by atoms with Crippen molar-refractivity contribution in [3.05, 3.63) is 70.8 Å². The maximum atomic E-state index is 13.2. The van der Waals surface area contributed by atoms with Crippen molar-refractivity contribution < 1.29 is 31.5 Å². The molecule has 0 aliphatic carbocycles. The van der Waals surface area contributed by atoms with Crippen molar-refractivity contribution in [1.82, 2.24) is 5.32 Å². The van der Waals surface area contributed by atoms with E-state index in [0.29, 0.717) is 6.07 Å². The van der Waals surface area contributed by atoms with E-state index in [9.17, 15) is 31.5 Å². The van der Waals surface area contributed by atoms with Crippen LogP contribution in [0.4, 0.5) is 22.0 Å². The third-order valence-corrected chi connectivity index (χ3v) is 3.52. The minimum atomic E-state index is -4.56. The highest BCUT2D eigenvalue weighted by Gasteiger charge is 2.30. The molecule has 26 heavy (non-hydrogen) atoms. The van der Waals surface area contributed by atoms with Crippen molar-refractivity contribution >= 4 is 11.8 Å². The predicted octanol–water partition coefficient (Wildman–Crippen LogP) is 2.81. The van der Waals surface area contributed by atoms with Crippen molar-refractivity contribution in [2.75, 3.05) is 0 Å². The van der Waals surface area contributed by atoms with Crippen molar-refractivity contribution in [3.63, 3.8) is 0 Å². The topological polar surface area (TPSA) is 72.2 Å². The molecule has 3 N–H and O–H groups in total. The molecular weight excluding hydrogens is 359 g/mol. The molecule has 0 aromatic heterocycles. The number of nitrogens with one attached hydrogen (secondary N) is 1. The second kappa shape index (κ2) is 7.51. The van der Waals surface area contributed by atoms with Crippen LogP contribution in [0.15, 0.2) is 42.5 Å². The summed E-state index contributed by atoms with van der Waals surface area (Å²) in [7, 11) is 0. The first-order valence-electron chi connectivity index (χ1n) is 7.29. The lowest BCUT2D eigenvalue weighted by Crippen LogP contribution is -2.45. The summed E-state index contributed by atoms with van der Waals surface area (Å²) in [6, 6.07) is 5.23. The largest absolute Gasteiger partial charge is 0.416 e. The van der Waals surface area contributed by atoms with Gasteiger partial charge in [0.2, 0.25) is 5.91 Å². The quantitative estimate of drug-likeness (QED) is 0.793. The molecule has 2 rings (SSSR count). The van der Waals surface area contributed by atoms with Gasteiger partial charge in [-0.25, -0.2) is 8.78 Å². The van der Waals surface area contributed by atoms with Crippen LogP contribution in [0, 0.1) is 11.6 Å². The zero-order chi connectivity index (χ0) is 19.5. The number of rotatable bonds is 5. The van der Waals surface area contributed by atoms with Gasteiger partial charge in [0.05, 0.1) is 5.56 Å². The summed E-state index contributed by atoms with van der Waals surface area (Å²) >= 11 is 0. The summed E-state index contributed by atoms with van der Waals surface area (Å²) in [5, 5.41) is 2.20. The molecular formula is C17H13F5N2O2. The zero-order valence-electron chi connectivity index (χ0n) is 13.1. The number of alkyl halides is 3. The van der Waals surface area contributed by atoms with E-state index in [1.807, 2.05) is 0 Å². The van der Waals surface area contributed by atoms with Gasteiger partial charge >= 0.3 is 6.18 Å². The number of carbonyl (C=O) groups excluding carboxylic acids is 2. The van der Waals surface area contributed by atoms with Crippen LogP contribution in [-0.2, 0) is 17.4 Å². The molecule has 0 aliphatic heterocycles. The molecule has 0 saturated carbocycles. The van der Waals surface area contributed by atoms with Gasteiger partial charge in [-0.2, -0.15) is 13.2 Å². The molecule has 0 saturated heterocycles. The number of hydrogen-bond acceptors (Lipinski definition) is 2. The van der Waals surface area contributed by atoms with E-state index >= 15 is 0 Å². The Morgan fingerprint density at radius 1 is 1.04 bits per heavy atom. The van der Waals surface area contributed by atoms with Crippen LogP contribution in [-0.4, -0.2) is 17.9 Å². The third kappa shape index (κ3) is 4.78. The number of amides is 2. The van der Waals surface area contributed by atoms with Crippen LogP contribution in [0.1, 0.15) is 21.5 Å². The summed E-state index contributed by atoms with van der Waals surface area (Å²) in [6.07, 6.45) is -4.86. The summed E-state index contributed by atoms with van der Waals surface area (Å²) in [6.45, 7) is 0. The number of carbonyl (C=O) groups is 2. The Morgan fingerprint density at radius 3 is 2.31 bits per heavy atom. The molecule has 2 aromatic carbocycles. The third-order valence-electron chi connectivity index (χ3n) is 3.52. The highest BCUT2D eigenvalue weighted by molar-refractivity contribution is 5.97. The summed E-state index contributed by atoms with van der Waals surface area (Å²) in [4.78, 5) is 23.6. The number of benzene rings is 2. The monoisotopic (exact) mass is 372 g/mol. The Hall–Kier alpha value is -2.97. The first-order chi connectivity index (χ1) is 12.1. The van der Waals surface area contributed by atoms with E-state index < -0.39 is 41.2 Å². The highest BCUT2D eigenvalue weighted by atomic mass is 19.4. The summed E-state index contributed by atoms with van der Waals surface area (Å²) in [5.41, 5.74) is 4.12. The van der Waals surface area contributed by atoms with Crippen LogP contribution in [0.2, 0.25) is 0 Å². The van der Waals surface area contributed by atoms with E-state index in [4.69, 9.17) is 5.73 Å². The molecule has 1 atom stereocenters. The number of hydrogen-bond donors (Lipinski definition) is 2. The number of halogens is 5. The number of primary amides is 1. The average molecular weight is 372 g/mol. The van der Waals surface area contributed by atoms with Crippen LogP contribution in [0.5, 0.6) is 0 Å². The molecule has 4 nitrogen and oxygen atoms in total. The van der Waals surface area contributed by atoms with Gasteiger partial charge in [-0.1, -0.05) is 18.2 Å². The average Bonchev–Trinajstić information content (AvgIpc) is 2.56. The zero-order valence-corrected chi connectivity index (χ0v) is 13.1. The van der Waals surface area contributed by atoms with Crippen LogP contribution in [0.3, 0.4) is 0 Å². The standard InChI is InChI=1S/C17H13F5N2O2/c18-12-5-4-10(8-13(12)19)16(26)24-14(15(23)25)7-9-2-1-3-11(6-9)17(20,21)22/h1-6,8,14H,7H2,(H2,23,25)(H,24,26)/t14-/m0/s1. The minimum Gasteiger partial charge on any atom is -0.368 e. The van der Waals surface area contributed by atoms with Crippen molar-refractivity contribution in [3.8, 4) is 0 Å². The van der Waals surface area contributed by atoms with Gasteiger partial charge in [-0.05, 0) is 29.8 Å². The lowest BCUT2D eigenvalue weighted by molar-refractivity contribution is -0.137. The summed E-state index contributed by atoms with van der Waals surface area (Å²) < 4.78 is 64.3. The van der Waals surface area contributed by atoms with Crippen molar-refractivity contribution in [1.29, 1.82) is 0 Å². The van der Waals surface area contributed by atoms with E-state index in [-0.39, 0.29) is 17.5 Å². The van der Waals surface area contributed by atoms with Gasteiger partial charge in [0.15, 0.2) is 11.6 Å². The normalized spacial score (nSPS) is 12.5. The Kier molecular flexibility index (Phi) is 5.59. The van der Waals surface area contributed by atoms with Gasteiger partial charge in [-0.3, -0.25) is 9.59 Å². The smallest absolute Gasteiger partial charge is 0.368 e. The van der Waals surface area contributed by atoms with Gasteiger partial charge in [0.1, 0.15) is 6.04 Å². The molecule has 0 aliphatic rings. The fourth-order valence-electron chi connectivity index (χ4n) is 2.21. The Morgan fingerprint density at radius 2 is 1.73 bits per heavy atom. The van der Waals surface area contributed by atoms with E-state index in [1.165, 1.54) is 6.07 Å². The maximum Gasteiger partial charge on any atom is 0.416 e. The van der Waals surface area contributed by atoms with Crippen LogP contribution >= 0.6 is 0 Å². The Labute approximate surface area is 144 Å². The fraction of sp³-hybridized carbons (Fsp3) is 0.176. The van der Waals surface area contributed by atoms with Gasteiger partial charge in [-0.15, -0.1) is 0 Å². The molecule has 0 heterocycles. The molecule has 138 valence electrons. The Balaban J connectivity index is 2.18. The van der Waals surface area contributed by atoms with Crippen molar-refractivity contribution in [2.45, 2.75) is 18.6 Å². The molecule has 2 amide bonds. The van der Waals surface area contributed by atoms with Gasteiger partial charge < -0.3 is 11.1 Å². The molecule has 0 spiro atoms. The van der Waals surface area contributed by atoms with E-state index in [0.717, 1.165) is 30.3 Å². The lowest BCUT2D eigenvalue weighted by atomic mass is 10.0. The second-order valence-electron chi connectivity index (χ2n) is 5.46. The SMILES string of the molecule is NC(=O)[C@H](Cc1cccc(C(F)(F)F)c1)NC(=O)c1ccc(F)c(F)c1. The van der Waals surface area contributed by atoms with Crippen LogP contribution < -0.4 is 11.1 Å². The van der Waals surface area contributed by atoms with E-state index in [2.05, 4.69) is 5.32 Å². The maximum absolute atomic E-state index is 13.2. The summed E-state index contributed by atoms with van der Waals surface area (Å²) in [5.74, 6) is -4.32. The Bertz CT molecular complexity index is 836. The molecule has 2 aromatic rings. The number of nitrogens with two attached hydrogens (primary N) is 1. The fourth-order valence-corrected chi connectivity index (χ4v) is 2.21. The first kappa shape index (κ1) is 19.4. The van der Waals surface area contributed by atoms with Crippen molar-refractivity contribution in [2.24, 2.45) is 5.73 Å². The van der Waals surface area contributed by atoms with Gasteiger partial charge in [0.25, 0.3) is 5.91 Å². The van der Waals surface area contributed by atoms with Gasteiger partial charge in [0, 0.05) is 12.0 Å².